The number of rotatable bonds is 5. The third-order valence-electron chi connectivity index (χ3n) is 3.21. The molecule has 1 aromatic rings. The number of sulfonamides is 1. The lowest BCUT2D eigenvalue weighted by Crippen LogP contribution is -2.19. The van der Waals surface area contributed by atoms with Crippen LogP contribution in [-0.2, 0) is 10.0 Å². The van der Waals surface area contributed by atoms with Crippen LogP contribution in [0.3, 0.4) is 0 Å². The third-order valence-corrected chi connectivity index (χ3v) is 6.19. The Balaban J connectivity index is 2.12. The number of halogens is 1. The summed E-state index contributed by atoms with van der Waals surface area (Å²) >= 11 is 3.58. The highest BCUT2D eigenvalue weighted by Crippen LogP contribution is 2.34. The molecular formula is C13H18BrNO2S. The third kappa shape index (κ3) is 2.78. The second-order valence-electron chi connectivity index (χ2n) is 4.76. The number of benzene rings is 1. The smallest absolute Gasteiger partial charge is 0.207 e. The van der Waals surface area contributed by atoms with Crippen LogP contribution >= 0.6 is 15.9 Å². The molecule has 0 spiro atoms. The Labute approximate surface area is 117 Å². The van der Waals surface area contributed by atoms with Crippen molar-refractivity contribution >= 4 is 26.0 Å². The predicted octanol–water partition coefficient (Wildman–Crippen LogP) is 2.93. The topological polar surface area (TPSA) is 37.1 Å². The summed E-state index contributed by atoms with van der Waals surface area (Å²) in [5.41, 5.74) is 1.07. The van der Waals surface area contributed by atoms with Gasteiger partial charge in [-0.2, -0.15) is 4.31 Å². The molecule has 1 aliphatic heterocycles. The molecule has 1 heterocycles. The summed E-state index contributed by atoms with van der Waals surface area (Å²) in [5, 5.41) is 0. The molecule has 5 heteroatoms. The molecule has 0 aromatic heterocycles. The zero-order chi connectivity index (χ0) is 13.3. The second-order valence-corrected chi connectivity index (χ2v) is 7.83. The summed E-state index contributed by atoms with van der Waals surface area (Å²) in [7, 11) is -3.29. The normalized spacial score (nSPS) is 24.8. The summed E-state index contributed by atoms with van der Waals surface area (Å²) in [6.45, 7) is 4.69. The van der Waals surface area contributed by atoms with E-state index in [1.165, 1.54) is 0 Å². The van der Waals surface area contributed by atoms with Crippen molar-refractivity contribution in [2.75, 3.05) is 6.54 Å². The Bertz CT molecular complexity index is 512. The van der Waals surface area contributed by atoms with Crippen LogP contribution < -0.4 is 0 Å². The summed E-state index contributed by atoms with van der Waals surface area (Å²) in [4.78, 5) is 0.662. The van der Waals surface area contributed by atoms with E-state index in [0.29, 0.717) is 11.4 Å². The average molecular weight is 332 g/mol. The van der Waals surface area contributed by atoms with Gasteiger partial charge in [-0.15, -0.1) is 0 Å². The quantitative estimate of drug-likeness (QED) is 0.614. The molecule has 100 valence electrons. The molecule has 18 heavy (non-hydrogen) atoms. The number of nitrogens with zero attached hydrogens (tertiary/aromatic N) is 1. The maximum Gasteiger partial charge on any atom is 0.243 e. The fraction of sp³-hybridized carbons (Fsp3) is 0.538. The minimum atomic E-state index is -3.29. The molecule has 0 radical (unpaired) electrons. The van der Waals surface area contributed by atoms with Gasteiger partial charge in [0.25, 0.3) is 0 Å². The van der Waals surface area contributed by atoms with Crippen LogP contribution in [0.5, 0.6) is 0 Å². The minimum absolute atomic E-state index is 0.122. The van der Waals surface area contributed by atoms with E-state index in [4.69, 9.17) is 0 Å². The molecule has 3 nitrogen and oxygen atoms in total. The number of aryl methyl sites for hydroxylation is 1. The van der Waals surface area contributed by atoms with E-state index >= 15 is 0 Å². The van der Waals surface area contributed by atoms with Gasteiger partial charge >= 0.3 is 0 Å². The van der Waals surface area contributed by atoms with Gasteiger partial charge in [0, 0.05) is 11.4 Å². The van der Waals surface area contributed by atoms with Gasteiger partial charge in [0.2, 0.25) is 10.0 Å². The Morgan fingerprint density at radius 2 is 2.00 bits per heavy atom. The van der Waals surface area contributed by atoms with E-state index in [-0.39, 0.29) is 10.9 Å². The summed E-state index contributed by atoms with van der Waals surface area (Å²) < 4.78 is 26.2. The Hall–Kier alpha value is -0.390. The van der Waals surface area contributed by atoms with Gasteiger partial charge in [0.1, 0.15) is 0 Å². The Morgan fingerprint density at radius 1 is 1.39 bits per heavy atom. The van der Waals surface area contributed by atoms with Crippen molar-refractivity contribution in [1.29, 1.82) is 0 Å². The SMILES string of the molecule is CCC[C@H](Br)[C@H]1CN1S(=O)(=O)c1ccc(C)cc1. The highest BCUT2D eigenvalue weighted by atomic mass is 79.9. The lowest BCUT2D eigenvalue weighted by molar-refractivity contribution is 0.546. The zero-order valence-corrected chi connectivity index (χ0v) is 13.0. The lowest BCUT2D eigenvalue weighted by Gasteiger charge is -2.10. The summed E-state index contributed by atoms with van der Waals surface area (Å²) in [6, 6.07) is 7.16. The number of hydrogen-bond donors (Lipinski definition) is 0. The highest BCUT2D eigenvalue weighted by Gasteiger charge is 2.47. The first kappa shape index (κ1) is 14.0. The van der Waals surface area contributed by atoms with Crippen LogP contribution in [0.15, 0.2) is 29.2 Å². The molecule has 1 aliphatic rings. The predicted molar refractivity (Wildman–Crippen MR) is 76.5 cm³/mol. The van der Waals surface area contributed by atoms with Crippen molar-refractivity contribution in [3.63, 3.8) is 0 Å². The van der Waals surface area contributed by atoms with E-state index in [1.54, 1.807) is 16.4 Å². The van der Waals surface area contributed by atoms with Crippen molar-refractivity contribution in [3.05, 3.63) is 29.8 Å². The largest absolute Gasteiger partial charge is 0.243 e. The fourth-order valence-corrected chi connectivity index (χ4v) is 4.69. The molecule has 0 amide bonds. The molecule has 1 fully saturated rings. The first-order valence-corrected chi connectivity index (χ1v) is 8.55. The molecule has 1 unspecified atom stereocenters. The van der Waals surface area contributed by atoms with E-state index in [0.717, 1.165) is 18.4 Å². The Kier molecular flexibility index (Phi) is 4.14. The van der Waals surface area contributed by atoms with Gasteiger partial charge in [-0.05, 0) is 25.5 Å². The molecule has 0 bridgehead atoms. The van der Waals surface area contributed by atoms with Crippen molar-refractivity contribution in [1.82, 2.24) is 4.31 Å². The molecule has 0 saturated carbocycles. The van der Waals surface area contributed by atoms with Crippen molar-refractivity contribution in [2.45, 2.75) is 42.5 Å². The molecule has 0 aliphatic carbocycles. The molecule has 2 rings (SSSR count). The standard InChI is InChI=1S/C13H18BrNO2S/c1-3-4-12(14)13-9-15(13)18(16,17)11-7-5-10(2)6-8-11/h5-8,12-13H,3-4,9H2,1-2H3/t12-,13+,15?/m0/s1. The van der Waals surface area contributed by atoms with Gasteiger partial charge < -0.3 is 0 Å². The maximum absolute atomic E-state index is 12.3. The average Bonchev–Trinajstić information content (AvgIpc) is 3.10. The van der Waals surface area contributed by atoms with Crippen LogP contribution in [0.25, 0.3) is 0 Å². The summed E-state index contributed by atoms with van der Waals surface area (Å²) in [5.74, 6) is 0. The fourth-order valence-electron chi connectivity index (χ4n) is 2.02. The minimum Gasteiger partial charge on any atom is -0.207 e. The van der Waals surface area contributed by atoms with Gasteiger partial charge in [-0.1, -0.05) is 47.0 Å². The van der Waals surface area contributed by atoms with Gasteiger partial charge in [-0.3, -0.25) is 0 Å². The highest BCUT2D eigenvalue weighted by molar-refractivity contribution is 9.09. The van der Waals surface area contributed by atoms with Crippen LogP contribution in [0.2, 0.25) is 0 Å². The number of alkyl halides is 1. The van der Waals surface area contributed by atoms with Crippen LogP contribution in [0, 0.1) is 6.92 Å². The van der Waals surface area contributed by atoms with Gasteiger partial charge in [0.15, 0.2) is 0 Å². The van der Waals surface area contributed by atoms with Crippen molar-refractivity contribution < 1.29 is 8.42 Å². The van der Waals surface area contributed by atoms with E-state index in [2.05, 4.69) is 22.9 Å². The second kappa shape index (κ2) is 5.31. The van der Waals surface area contributed by atoms with Crippen LogP contribution in [-0.4, -0.2) is 30.1 Å². The van der Waals surface area contributed by atoms with Crippen molar-refractivity contribution in [2.24, 2.45) is 0 Å². The van der Waals surface area contributed by atoms with E-state index in [1.807, 2.05) is 19.1 Å². The zero-order valence-electron chi connectivity index (χ0n) is 10.6. The number of hydrogen-bond acceptors (Lipinski definition) is 2. The van der Waals surface area contributed by atoms with Gasteiger partial charge in [0.05, 0.1) is 10.9 Å². The van der Waals surface area contributed by atoms with Crippen LogP contribution in [0.4, 0.5) is 0 Å². The molecule has 0 N–H and O–H groups in total. The lowest BCUT2D eigenvalue weighted by atomic mass is 10.2. The monoisotopic (exact) mass is 331 g/mol. The Morgan fingerprint density at radius 3 is 2.56 bits per heavy atom. The first-order chi connectivity index (χ1) is 8.46. The van der Waals surface area contributed by atoms with Gasteiger partial charge in [-0.25, -0.2) is 8.42 Å². The van der Waals surface area contributed by atoms with E-state index < -0.39 is 10.0 Å². The molecule has 3 atom stereocenters. The van der Waals surface area contributed by atoms with E-state index in [9.17, 15) is 8.42 Å². The van der Waals surface area contributed by atoms with Crippen LogP contribution in [0.1, 0.15) is 25.3 Å². The molecular weight excluding hydrogens is 314 g/mol. The molecule has 1 saturated heterocycles. The van der Waals surface area contributed by atoms with Crippen molar-refractivity contribution in [3.8, 4) is 0 Å². The first-order valence-electron chi connectivity index (χ1n) is 6.19. The summed E-state index contributed by atoms with van der Waals surface area (Å²) in [6.07, 6.45) is 2.06. The molecule has 1 aromatic carbocycles. The maximum atomic E-state index is 12.3.